The third-order valence-electron chi connectivity index (χ3n) is 2.43. The van der Waals surface area contributed by atoms with Crippen LogP contribution in [0, 0.1) is 28.4 Å². The maximum atomic E-state index is 10.8. The molecule has 0 aliphatic rings. The Morgan fingerprint density at radius 2 is 2.37 bits per heavy atom. The lowest BCUT2D eigenvalue weighted by Crippen LogP contribution is -2.00. The first-order valence-electron chi connectivity index (χ1n) is 5.43. The highest BCUT2D eigenvalue weighted by Crippen LogP contribution is 2.23. The summed E-state index contributed by atoms with van der Waals surface area (Å²) in [6, 6.07) is 6.24. The summed E-state index contributed by atoms with van der Waals surface area (Å²) >= 11 is 1.53. The Kier molecular flexibility index (Phi) is 3.73. The molecular formula is C12H10N4O2S. The molecule has 1 aromatic carbocycles. The van der Waals surface area contributed by atoms with E-state index in [1.807, 2.05) is 12.3 Å². The maximum Gasteiger partial charge on any atom is 0.289 e. The van der Waals surface area contributed by atoms with Gasteiger partial charge in [-0.25, -0.2) is 4.98 Å². The molecule has 1 aromatic heterocycles. The van der Waals surface area contributed by atoms with Crippen molar-refractivity contribution in [2.75, 3.05) is 5.32 Å². The number of anilines is 1. The Morgan fingerprint density at radius 3 is 2.95 bits per heavy atom. The Labute approximate surface area is 113 Å². The van der Waals surface area contributed by atoms with Crippen LogP contribution in [0.15, 0.2) is 23.6 Å². The van der Waals surface area contributed by atoms with Gasteiger partial charge >= 0.3 is 0 Å². The summed E-state index contributed by atoms with van der Waals surface area (Å²) in [5.41, 5.74) is 1.41. The molecule has 0 aliphatic heterocycles. The predicted octanol–water partition coefficient (Wildman–Crippen LogP) is 2.84. The first-order valence-corrected chi connectivity index (χ1v) is 6.31. The van der Waals surface area contributed by atoms with Crippen LogP contribution in [0.3, 0.4) is 0 Å². The molecule has 19 heavy (non-hydrogen) atoms. The molecule has 2 rings (SSSR count). The summed E-state index contributed by atoms with van der Waals surface area (Å²) in [6.45, 7) is 2.41. The topological polar surface area (TPSA) is 91.8 Å². The number of aryl methyl sites for hydroxylation is 1. The molecule has 0 fully saturated rings. The molecule has 2 aromatic rings. The second kappa shape index (κ2) is 5.46. The average molecular weight is 274 g/mol. The molecule has 96 valence electrons. The van der Waals surface area contributed by atoms with Gasteiger partial charge in [-0.1, -0.05) is 0 Å². The molecule has 1 N–H and O–H groups in total. The van der Waals surface area contributed by atoms with Crippen LogP contribution in [-0.2, 0) is 6.54 Å². The highest BCUT2D eigenvalue weighted by molar-refractivity contribution is 7.09. The third-order valence-corrected chi connectivity index (χ3v) is 3.39. The third kappa shape index (κ3) is 3.05. The average Bonchev–Trinajstić information content (AvgIpc) is 2.81. The van der Waals surface area contributed by atoms with Crippen molar-refractivity contribution in [1.29, 1.82) is 5.26 Å². The van der Waals surface area contributed by atoms with Gasteiger partial charge in [0.2, 0.25) is 0 Å². The number of benzene rings is 1. The summed E-state index contributed by atoms with van der Waals surface area (Å²) < 4.78 is 0. The van der Waals surface area contributed by atoms with Gasteiger partial charge in [-0.15, -0.1) is 11.3 Å². The lowest BCUT2D eigenvalue weighted by Gasteiger charge is -2.04. The Bertz CT molecular complexity index is 660. The van der Waals surface area contributed by atoms with E-state index in [0.29, 0.717) is 12.2 Å². The van der Waals surface area contributed by atoms with E-state index >= 15 is 0 Å². The van der Waals surface area contributed by atoms with E-state index in [2.05, 4.69) is 10.3 Å². The van der Waals surface area contributed by atoms with Crippen LogP contribution >= 0.6 is 11.3 Å². The minimum atomic E-state index is -0.558. The van der Waals surface area contributed by atoms with Crippen molar-refractivity contribution in [3.05, 3.63) is 50.0 Å². The zero-order valence-electron chi connectivity index (χ0n) is 10.1. The second-order valence-corrected chi connectivity index (χ2v) is 4.78. The molecule has 7 heteroatoms. The van der Waals surface area contributed by atoms with Gasteiger partial charge in [0.1, 0.15) is 16.6 Å². The lowest BCUT2D eigenvalue weighted by molar-refractivity contribution is -0.385. The standard InChI is InChI=1S/C12H10N4O2S/c1-8-7-19-12(15-8)6-14-10-3-2-9(5-13)11(4-10)16(17)18/h2-4,7,14H,6H2,1H3. The summed E-state index contributed by atoms with van der Waals surface area (Å²) in [6.07, 6.45) is 0. The van der Waals surface area contributed by atoms with Crippen molar-refractivity contribution in [1.82, 2.24) is 4.98 Å². The van der Waals surface area contributed by atoms with Gasteiger partial charge in [0.25, 0.3) is 5.69 Å². The van der Waals surface area contributed by atoms with Crippen molar-refractivity contribution < 1.29 is 4.92 Å². The quantitative estimate of drug-likeness (QED) is 0.683. The van der Waals surface area contributed by atoms with Crippen molar-refractivity contribution in [2.45, 2.75) is 13.5 Å². The summed E-state index contributed by atoms with van der Waals surface area (Å²) in [4.78, 5) is 14.6. The number of aromatic nitrogens is 1. The fourth-order valence-electron chi connectivity index (χ4n) is 1.55. The van der Waals surface area contributed by atoms with Crippen LogP contribution in [0.1, 0.15) is 16.3 Å². The van der Waals surface area contributed by atoms with Crippen LogP contribution < -0.4 is 5.32 Å². The molecule has 0 atom stereocenters. The normalized spacial score (nSPS) is 9.89. The van der Waals surface area contributed by atoms with Crippen LogP contribution in [-0.4, -0.2) is 9.91 Å². The van der Waals surface area contributed by atoms with Crippen molar-refractivity contribution in [2.24, 2.45) is 0 Å². The zero-order valence-corrected chi connectivity index (χ0v) is 10.9. The molecule has 0 saturated carbocycles. The van der Waals surface area contributed by atoms with E-state index in [1.54, 1.807) is 12.1 Å². The molecule has 1 heterocycles. The first-order chi connectivity index (χ1) is 9.10. The number of nitro benzene ring substituents is 1. The SMILES string of the molecule is Cc1csc(CNc2ccc(C#N)c([N+](=O)[O-])c2)n1. The number of nitro groups is 1. The molecule has 6 nitrogen and oxygen atoms in total. The fourth-order valence-corrected chi connectivity index (χ4v) is 2.26. The number of nitrogens with one attached hydrogen (secondary N) is 1. The number of hydrogen-bond acceptors (Lipinski definition) is 6. The molecule has 0 unspecified atom stereocenters. The van der Waals surface area contributed by atoms with Crippen LogP contribution in [0.25, 0.3) is 0 Å². The van der Waals surface area contributed by atoms with Crippen molar-refractivity contribution in [3.8, 4) is 6.07 Å². The van der Waals surface area contributed by atoms with Crippen LogP contribution in [0.4, 0.5) is 11.4 Å². The van der Waals surface area contributed by atoms with Gasteiger partial charge in [-0.3, -0.25) is 10.1 Å². The smallest absolute Gasteiger partial charge is 0.289 e. The van der Waals surface area contributed by atoms with Gasteiger partial charge < -0.3 is 5.32 Å². The monoisotopic (exact) mass is 274 g/mol. The Hall–Kier alpha value is -2.46. The number of hydrogen-bond donors (Lipinski definition) is 1. The van der Waals surface area contributed by atoms with Gasteiger partial charge in [-0.2, -0.15) is 5.26 Å². The van der Waals surface area contributed by atoms with Gasteiger partial charge in [-0.05, 0) is 19.1 Å². The highest BCUT2D eigenvalue weighted by atomic mass is 32.1. The van der Waals surface area contributed by atoms with E-state index in [1.165, 1.54) is 23.5 Å². The van der Waals surface area contributed by atoms with Crippen LogP contribution in [0.5, 0.6) is 0 Å². The Morgan fingerprint density at radius 1 is 1.58 bits per heavy atom. The van der Waals surface area contributed by atoms with Gasteiger partial charge in [0.05, 0.1) is 11.5 Å². The molecule has 0 saturated heterocycles. The number of thiazole rings is 1. The Balaban J connectivity index is 2.15. The largest absolute Gasteiger partial charge is 0.378 e. The molecule has 0 spiro atoms. The second-order valence-electron chi connectivity index (χ2n) is 3.84. The first kappa shape index (κ1) is 13.0. The van der Waals surface area contributed by atoms with E-state index in [-0.39, 0.29) is 11.3 Å². The minimum Gasteiger partial charge on any atom is -0.378 e. The van der Waals surface area contributed by atoms with Crippen LogP contribution in [0.2, 0.25) is 0 Å². The molecule has 0 amide bonds. The summed E-state index contributed by atoms with van der Waals surface area (Å²) in [5, 5.41) is 25.5. The zero-order chi connectivity index (χ0) is 13.8. The van der Waals surface area contributed by atoms with E-state index < -0.39 is 4.92 Å². The van der Waals surface area contributed by atoms with Gasteiger partial charge in [0, 0.05) is 22.8 Å². The molecule has 0 aliphatic carbocycles. The maximum absolute atomic E-state index is 10.8. The number of nitriles is 1. The molecular weight excluding hydrogens is 264 g/mol. The number of nitrogens with zero attached hydrogens (tertiary/aromatic N) is 3. The van der Waals surface area contributed by atoms with E-state index in [4.69, 9.17) is 5.26 Å². The van der Waals surface area contributed by atoms with Crippen molar-refractivity contribution in [3.63, 3.8) is 0 Å². The summed E-state index contributed by atoms with van der Waals surface area (Å²) in [7, 11) is 0. The fraction of sp³-hybridized carbons (Fsp3) is 0.167. The molecule has 0 radical (unpaired) electrons. The van der Waals surface area contributed by atoms with Gasteiger partial charge in [0.15, 0.2) is 0 Å². The van der Waals surface area contributed by atoms with E-state index in [0.717, 1.165) is 10.7 Å². The lowest BCUT2D eigenvalue weighted by atomic mass is 10.2. The predicted molar refractivity (Wildman–Crippen MR) is 72.0 cm³/mol. The highest BCUT2D eigenvalue weighted by Gasteiger charge is 2.14. The summed E-state index contributed by atoms with van der Waals surface area (Å²) in [5.74, 6) is 0. The number of rotatable bonds is 4. The minimum absolute atomic E-state index is 0.0562. The van der Waals surface area contributed by atoms with E-state index in [9.17, 15) is 10.1 Å². The van der Waals surface area contributed by atoms with Crippen molar-refractivity contribution >= 4 is 22.7 Å². The molecule has 0 bridgehead atoms.